The molecule has 1 heterocycles. The maximum Gasteiger partial charge on any atom is 0.175 e. The van der Waals surface area contributed by atoms with Crippen LogP contribution in [-0.2, 0) is 9.84 Å². The zero-order valence-corrected chi connectivity index (χ0v) is 10.5. The van der Waals surface area contributed by atoms with Crippen LogP contribution in [0.3, 0.4) is 0 Å². The van der Waals surface area contributed by atoms with Crippen LogP contribution in [0, 0.1) is 6.92 Å². The summed E-state index contributed by atoms with van der Waals surface area (Å²) in [5.74, 6) is 0. The van der Waals surface area contributed by atoms with Crippen LogP contribution in [0.1, 0.15) is 5.69 Å². The van der Waals surface area contributed by atoms with Crippen molar-refractivity contribution in [1.29, 1.82) is 0 Å². The van der Waals surface area contributed by atoms with Gasteiger partial charge in [0.25, 0.3) is 0 Å². The summed E-state index contributed by atoms with van der Waals surface area (Å²) in [6, 6.07) is 10.7. The average Bonchev–Trinajstić information content (AvgIpc) is 2.29. The molecule has 3 nitrogen and oxygen atoms in total. The third-order valence-corrected chi connectivity index (χ3v) is 3.69. The van der Waals surface area contributed by atoms with E-state index in [2.05, 4.69) is 4.98 Å². The monoisotopic (exact) mass is 247 g/mol. The molecule has 0 fully saturated rings. The van der Waals surface area contributed by atoms with Crippen LogP contribution in [0.5, 0.6) is 0 Å². The van der Waals surface area contributed by atoms with Crippen LogP contribution in [0.25, 0.3) is 11.1 Å². The summed E-state index contributed by atoms with van der Waals surface area (Å²) < 4.78 is 23.0. The van der Waals surface area contributed by atoms with E-state index in [0.29, 0.717) is 4.90 Å². The van der Waals surface area contributed by atoms with Gasteiger partial charge in [-0.05, 0) is 30.7 Å². The quantitative estimate of drug-likeness (QED) is 0.819. The molecule has 0 spiro atoms. The van der Waals surface area contributed by atoms with E-state index in [-0.39, 0.29) is 0 Å². The second-order valence-electron chi connectivity index (χ2n) is 3.94. The second-order valence-corrected chi connectivity index (χ2v) is 5.95. The Hall–Kier alpha value is -1.68. The highest BCUT2D eigenvalue weighted by Crippen LogP contribution is 2.24. The van der Waals surface area contributed by atoms with Gasteiger partial charge in [-0.3, -0.25) is 4.98 Å². The lowest BCUT2D eigenvalue weighted by Crippen LogP contribution is -1.97. The second kappa shape index (κ2) is 4.30. The molecular weight excluding hydrogens is 234 g/mol. The molecule has 2 aromatic rings. The lowest BCUT2D eigenvalue weighted by atomic mass is 10.1. The van der Waals surface area contributed by atoms with Crippen molar-refractivity contribution in [2.75, 3.05) is 6.26 Å². The smallest absolute Gasteiger partial charge is 0.175 e. The summed E-state index contributed by atoms with van der Waals surface area (Å²) in [6.07, 6.45) is 2.93. The summed E-state index contributed by atoms with van der Waals surface area (Å²) >= 11 is 0. The summed E-state index contributed by atoms with van der Waals surface area (Å²) in [5, 5.41) is 0. The Kier molecular flexibility index (Phi) is 2.98. The fraction of sp³-hybridized carbons (Fsp3) is 0.154. The molecule has 17 heavy (non-hydrogen) atoms. The van der Waals surface area contributed by atoms with E-state index in [0.717, 1.165) is 16.8 Å². The van der Waals surface area contributed by atoms with Crippen molar-refractivity contribution in [2.24, 2.45) is 0 Å². The molecule has 0 N–H and O–H groups in total. The van der Waals surface area contributed by atoms with Crippen molar-refractivity contribution >= 4 is 9.84 Å². The molecule has 4 heteroatoms. The molecule has 2 rings (SSSR count). The summed E-state index contributed by atoms with van der Waals surface area (Å²) in [5.41, 5.74) is 2.72. The maximum absolute atomic E-state index is 11.5. The van der Waals surface area contributed by atoms with Crippen LogP contribution in [0.15, 0.2) is 47.5 Å². The first kappa shape index (κ1) is 11.8. The van der Waals surface area contributed by atoms with Crippen LogP contribution < -0.4 is 0 Å². The number of sulfone groups is 1. The number of rotatable bonds is 2. The van der Waals surface area contributed by atoms with E-state index in [9.17, 15) is 8.42 Å². The molecule has 1 aromatic carbocycles. The standard InChI is InChI=1S/C13H13NO2S/c1-10-13(7-4-8-14-10)11-5-3-6-12(9-11)17(2,15)16/h3-9H,1-2H3. The van der Waals surface area contributed by atoms with Gasteiger partial charge in [0.15, 0.2) is 9.84 Å². The van der Waals surface area contributed by atoms with Crippen molar-refractivity contribution < 1.29 is 8.42 Å². The Morgan fingerprint density at radius 1 is 1.12 bits per heavy atom. The van der Waals surface area contributed by atoms with Crippen molar-refractivity contribution in [3.8, 4) is 11.1 Å². The fourth-order valence-corrected chi connectivity index (χ4v) is 2.35. The maximum atomic E-state index is 11.5. The molecule has 0 aliphatic rings. The van der Waals surface area contributed by atoms with E-state index >= 15 is 0 Å². The van der Waals surface area contributed by atoms with Crippen LogP contribution >= 0.6 is 0 Å². The zero-order chi connectivity index (χ0) is 12.5. The molecule has 0 atom stereocenters. The van der Waals surface area contributed by atoms with Gasteiger partial charge in [-0.25, -0.2) is 8.42 Å². The topological polar surface area (TPSA) is 47.0 Å². The number of benzene rings is 1. The molecule has 0 bridgehead atoms. The number of hydrogen-bond acceptors (Lipinski definition) is 3. The Morgan fingerprint density at radius 3 is 2.53 bits per heavy atom. The Labute approximate surface area is 101 Å². The van der Waals surface area contributed by atoms with Crippen molar-refractivity contribution in [3.63, 3.8) is 0 Å². The molecule has 0 unspecified atom stereocenters. The minimum absolute atomic E-state index is 0.332. The van der Waals surface area contributed by atoms with Gasteiger partial charge in [-0.15, -0.1) is 0 Å². The highest BCUT2D eigenvalue weighted by molar-refractivity contribution is 7.90. The molecule has 0 amide bonds. The molecule has 0 saturated carbocycles. The number of hydrogen-bond donors (Lipinski definition) is 0. The van der Waals surface area contributed by atoms with Gasteiger partial charge in [0, 0.05) is 23.7 Å². The van der Waals surface area contributed by atoms with Crippen molar-refractivity contribution in [2.45, 2.75) is 11.8 Å². The lowest BCUT2D eigenvalue weighted by molar-refractivity contribution is 0.602. The Morgan fingerprint density at radius 2 is 1.88 bits per heavy atom. The molecule has 0 aliphatic carbocycles. The van der Waals surface area contributed by atoms with Gasteiger partial charge in [0.1, 0.15) is 0 Å². The van der Waals surface area contributed by atoms with Crippen LogP contribution in [0.4, 0.5) is 0 Å². The number of nitrogens with zero attached hydrogens (tertiary/aromatic N) is 1. The van der Waals surface area contributed by atoms with E-state index in [1.807, 2.05) is 25.1 Å². The first-order chi connectivity index (χ1) is 7.98. The number of pyridine rings is 1. The van der Waals surface area contributed by atoms with Crippen LogP contribution in [0.2, 0.25) is 0 Å². The molecule has 0 radical (unpaired) electrons. The van der Waals surface area contributed by atoms with Gasteiger partial charge in [0.2, 0.25) is 0 Å². The SMILES string of the molecule is Cc1ncccc1-c1cccc(S(C)(=O)=O)c1. The predicted molar refractivity (Wildman–Crippen MR) is 67.5 cm³/mol. The lowest BCUT2D eigenvalue weighted by Gasteiger charge is -2.06. The Balaban J connectivity index is 2.59. The Bertz CT molecular complexity index is 648. The first-order valence-electron chi connectivity index (χ1n) is 5.20. The van der Waals surface area contributed by atoms with Crippen molar-refractivity contribution in [3.05, 3.63) is 48.3 Å². The van der Waals surface area contributed by atoms with Crippen LogP contribution in [-0.4, -0.2) is 19.7 Å². The normalized spacial score (nSPS) is 11.4. The molecular formula is C13H13NO2S. The molecule has 0 aliphatic heterocycles. The molecule has 1 aromatic heterocycles. The molecule has 0 saturated heterocycles. The summed E-state index contributed by atoms with van der Waals surface area (Å²) in [7, 11) is -3.17. The fourth-order valence-electron chi connectivity index (χ4n) is 1.68. The third kappa shape index (κ3) is 2.53. The number of aryl methyl sites for hydroxylation is 1. The van der Waals surface area contributed by atoms with E-state index < -0.39 is 9.84 Å². The predicted octanol–water partition coefficient (Wildman–Crippen LogP) is 2.46. The van der Waals surface area contributed by atoms with Gasteiger partial charge >= 0.3 is 0 Å². The van der Waals surface area contributed by atoms with E-state index in [4.69, 9.17) is 0 Å². The highest BCUT2D eigenvalue weighted by atomic mass is 32.2. The number of aromatic nitrogens is 1. The van der Waals surface area contributed by atoms with Gasteiger partial charge in [-0.1, -0.05) is 18.2 Å². The van der Waals surface area contributed by atoms with E-state index in [1.54, 1.807) is 24.4 Å². The summed E-state index contributed by atoms with van der Waals surface area (Å²) in [6.45, 7) is 1.91. The van der Waals surface area contributed by atoms with Gasteiger partial charge in [-0.2, -0.15) is 0 Å². The minimum Gasteiger partial charge on any atom is -0.261 e. The van der Waals surface area contributed by atoms with Gasteiger partial charge in [0.05, 0.1) is 4.90 Å². The first-order valence-corrected chi connectivity index (χ1v) is 7.10. The third-order valence-electron chi connectivity index (χ3n) is 2.58. The zero-order valence-electron chi connectivity index (χ0n) is 9.71. The van der Waals surface area contributed by atoms with E-state index in [1.165, 1.54) is 6.26 Å². The minimum atomic E-state index is -3.17. The highest BCUT2D eigenvalue weighted by Gasteiger charge is 2.09. The van der Waals surface area contributed by atoms with Gasteiger partial charge < -0.3 is 0 Å². The molecule has 88 valence electrons. The van der Waals surface area contributed by atoms with Crippen molar-refractivity contribution in [1.82, 2.24) is 4.98 Å². The summed E-state index contributed by atoms with van der Waals surface area (Å²) in [4.78, 5) is 4.53. The largest absolute Gasteiger partial charge is 0.261 e. The average molecular weight is 247 g/mol.